The summed E-state index contributed by atoms with van der Waals surface area (Å²) in [6.07, 6.45) is -5.11. The molecule has 6 nitrogen and oxygen atoms in total. The zero-order valence-corrected chi connectivity index (χ0v) is 15.5. The quantitative estimate of drug-likeness (QED) is 0.687. The van der Waals surface area contributed by atoms with Crippen molar-refractivity contribution < 1.29 is 32.0 Å². The maximum Gasteiger partial charge on any atom is 0.411 e. The fourth-order valence-corrected chi connectivity index (χ4v) is 2.01. The molecule has 0 saturated carbocycles. The first-order valence-electron chi connectivity index (χ1n) is 8.24. The summed E-state index contributed by atoms with van der Waals surface area (Å²) in [6, 6.07) is 5.91. The molecule has 1 aromatic carbocycles. The van der Waals surface area contributed by atoms with Gasteiger partial charge in [-0.2, -0.15) is 18.2 Å². The van der Waals surface area contributed by atoms with Crippen LogP contribution in [0.1, 0.15) is 61.4 Å². The molecule has 0 aliphatic carbocycles. The summed E-state index contributed by atoms with van der Waals surface area (Å²) in [5.41, 5.74) is 0.461. The SMILES string of the molecule is CC(OC(=O)c1ccc(COCC(F)(F)F)cc1)c1nc(C(C)(C)C)no1. The standard InChI is InChI=1S/C18H21F3N2O4/c1-11(14-22-16(23-27-14)17(2,3)4)26-15(24)13-7-5-12(6-8-13)9-25-10-18(19,20)21/h5-8,11H,9-10H2,1-4H3. The highest BCUT2D eigenvalue weighted by atomic mass is 19.4. The zero-order chi connectivity index (χ0) is 20.2. The number of hydrogen-bond acceptors (Lipinski definition) is 6. The van der Waals surface area contributed by atoms with Crippen LogP contribution in [0.4, 0.5) is 13.2 Å². The zero-order valence-electron chi connectivity index (χ0n) is 15.5. The number of benzene rings is 1. The van der Waals surface area contributed by atoms with E-state index in [2.05, 4.69) is 14.9 Å². The molecule has 0 N–H and O–H groups in total. The number of ether oxygens (including phenoxy) is 2. The lowest BCUT2D eigenvalue weighted by Gasteiger charge is -2.12. The monoisotopic (exact) mass is 386 g/mol. The summed E-state index contributed by atoms with van der Waals surface area (Å²) >= 11 is 0. The first-order valence-corrected chi connectivity index (χ1v) is 8.24. The van der Waals surface area contributed by atoms with Crippen LogP contribution in [-0.2, 0) is 21.5 Å². The largest absolute Gasteiger partial charge is 0.449 e. The van der Waals surface area contributed by atoms with Gasteiger partial charge in [-0.15, -0.1) is 0 Å². The topological polar surface area (TPSA) is 74.5 Å². The lowest BCUT2D eigenvalue weighted by atomic mass is 9.96. The molecule has 0 aliphatic heterocycles. The van der Waals surface area contributed by atoms with Gasteiger partial charge in [0.15, 0.2) is 11.9 Å². The normalized spacial score (nSPS) is 13.4. The number of aromatic nitrogens is 2. The van der Waals surface area contributed by atoms with Gasteiger partial charge in [0.1, 0.15) is 6.61 Å². The molecule has 1 heterocycles. The molecular formula is C18H21F3N2O4. The minimum absolute atomic E-state index is 0.186. The molecule has 0 aliphatic rings. The van der Waals surface area contributed by atoms with E-state index in [1.165, 1.54) is 24.3 Å². The van der Waals surface area contributed by atoms with Crippen molar-refractivity contribution in [2.24, 2.45) is 0 Å². The van der Waals surface area contributed by atoms with Crippen LogP contribution >= 0.6 is 0 Å². The third-order valence-corrected chi connectivity index (χ3v) is 3.47. The van der Waals surface area contributed by atoms with E-state index in [0.717, 1.165) is 0 Å². The summed E-state index contributed by atoms with van der Waals surface area (Å²) in [4.78, 5) is 16.4. The van der Waals surface area contributed by atoms with Gasteiger partial charge in [-0.05, 0) is 24.6 Å². The van der Waals surface area contributed by atoms with Crippen LogP contribution in [0.2, 0.25) is 0 Å². The van der Waals surface area contributed by atoms with Crippen LogP contribution in [0.15, 0.2) is 28.8 Å². The van der Waals surface area contributed by atoms with Crippen molar-refractivity contribution in [3.05, 3.63) is 47.1 Å². The Hall–Kier alpha value is -2.42. The molecule has 0 saturated heterocycles. The van der Waals surface area contributed by atoms with Crippen molar-refractivity contribution in [3.63, 3.8) is 0 Å². The predicted molar refractivity (Wildman–Crippen MR) is 89.0 cm³/mol. The Morgan fingerprint density at radius 2 is 1.81 bits per heavy atom. The Morgan fingerprint density at radius 1 is 1.19 bits per heavy atom. The van der Waals surface area contributed by atoms with E-state index in [4.69, 9.17) is 9.26 Å². The molecule has 1 aromatic heterocycles. The minimum atomic E-state index is -4.37. The highest BCUT2D eigenvalue weighted by Gasteiger charge is 2.27. The van der Waals surface area contributed by atoms with Crippen LogP contribution in [0.25, 0.3) is 0 Å². The van der Waals surface area contributed by atoms with Gasteiger partial charge in [0.05, 0.1) is 12.2 Å². The molecule has 0 bridgehead atoms. The van der Waals surface area contributed by atoms with Crippen LogP contribution < -0.4 is 0 Å². The van der Waals surface area contributed by atoms with Crippen molar-refractivity contribution in [3.8, 4) is 0 Å². The van der Waals surface area contributed by atoms with E-state index < -0.39 is 24.9 Å². The molecule has 0 fully saturated rings. The minimum Gasteiger partial charge on any atom is -0.449 e. The maximum absolute atomic E-state index is 12.2. The van der Waals surface area contributed by atoms with Crippen LogP contribution in [-0.4, -0.2) is 28.9 Å². The third kappa shape index (κ3) is 6.35. The molecule has 0 amide bonds. The molecule has 1 atom stereocenters. The van der Waals surface area contributed by atoms with E-state index in [9.17, 15) is 18.0 Å². The predicted octanol–water partition coefficient (Wildman–Crippen LogP) is 4.36. The number of nitrogens with zero attached hydrogens (tertiary/aromatic N) is 2. The molecule has 2 aromatic rings. The number of esters is 1. The Kier molecular flexibility index (Phi) is 6.25. The fourth-order valence-electron chi connectivity index (χ4n) is 2.01. The second kappa shape index (κ2) is 8.08. The number of rotatable bonds is 6. The molecule has 0 spiro atoms. The van der Waals surface area contributed by atoms with Gasteiger partial charge in [0.2, 0.25) is 0 Å². The molecule has 1 unspecified atom stereocenters. The smallest absolute Gasteiger partial charge is 0.411 e. The van der Waals surface area contributed by atoms with E-state index in [1.54, 1.807) is 6.92 Å². The Bertz CT molecular complexity index is 764. The number of halogens is 3. The molecule has 0 radical (unpaired) electrons. The Labute approximate surface area is 154 Å². The molecule has 9 heteroatoms. The molecular weight excluding hydrogens is 365 g/mol. The van der Waals surface area contributed by atoms with E-state index in [-0.39, 0.29) is 23.5 Å². The second-order valence-corrected chi connectivity index (χ2v) is 7.06. The fraction of sp³-hybridized carbons (Fsp3) is 0.500. The highest BCUT2D eigenvalue weighted by Crippen LogP contribution is 2.23. The maximum atomic E-state index is 12.2. The average Bonchev–Trinajstić information content (AvgIpc) is 3.04. The first kappa shape index (κ1) is 20.9. The second-order valence-electron chi connectivity index (χ2n) is 7.06. The van der Waals surface area contributed by atoms with Crippen LogP contribution in [0.5, 0.6) is 0 Å². The summed E-state index contributed by atoms with van der Waals surface area (Å²) in [5, 5.41) is 3.87. The van der Waals surface area contributed by atoms with Crippen molar-refractivity contribution >= 4 is 5.97 Å². The van der Waals surface area contributed by atoms with Gasteiger partial charge < -0.3 is 14.0 Å². The molecule has 27 heavy (non-hydrogen) atoms. The summed E-state index contributed by atoms with van der Waals surface area (Å²) in [7, 11) is 0. The van der Waals surface area contributed by atoms with Gasteiger partial charge in [-0.25, -0.2) is 4.79 Å². The van der Waals surface area contributed by atoms with Crippen molar-refractivity contribution in [1.29, 1.82) is 0 Å². The van der Waals surface area contributed by atoms with Gasteiger partial charge in [-0.1, -0.05) is 38.1 Å². The number of carbonyl (C=O) groups is 1. The third-order valence-electron chi connectivity index (χ3n) is 3.47. The van der Waals surface area contributed by atoms with Gasteiger partial charge >= 0.3 is 12.1 Å². The first-order chi connectivity index (χ1) is 12.5. The summed E-state index contributed by atoms with van der Waals surface area (Å²) < 4.78 is 51.2. The van der Waals surface area contributed by atoms with Crippen LogP contribution in [0.3, 0.4) is 0 Å². The van der Waals surface area contributed by atoms with Gasteiger partial charge in [0.25, 0.3) is 5.89 Å². The van der Waals surface area contributed by atoms with Crippen molar-refractivity contribution in [1.82, 2.24) is 10.1 Å². The van der Waals surface area contributed by atoms with Crippen molar-refractivity contribution in [2.45, 2.75) is 52.0 Å². The summed E-state index contributed by atoms with van der Waals surface area (Å²) in [5.74, 6) is 0.0785. The van der Waals surface area contributed by atoms with E-state index in [1.807, 2.05) is 20.8 Å². The molecule has 2 rings (SSSR count). The number of alkyl halides is 3. The van der Waals surface area contributed by atoms with Crippen molar-refractivity contribution in [2.75, 3.05) is 6.61 Å². The molecule has 148 valence electrons. The lowest BCUT2D eigenvalue weighted by molar-refractivity contribution is -0.176. The lowest BCUT2D eigenvalue weighted by Crippen LogP contribution is -2.16. The van der Waals surface area contributed by atoms with E-state index in [0.29, 0.717) is 11.4 Å². The Morgan fingerprint density at radius 3 is 2.33 bits per heavy atom. The summed E-state index contributed by atoms with van der Waals surface area (Å²) in [6.45, 7) is 5.87. The van der Waals surface area contributed by atoms with E-state index >= 15 is 0 Å². The Balaban J connectivity index is 1.92. The van der Waals surface area contributed by atoms with Gasteiger partial charge in [-0.3, -0.25) is 0 Å². The average molecular weight is 386 g/mol. The van der Waals surface area contributed by atoms with Crippen LogP contribution in [0, 0.1) is 0 Å². The highest BCUT2D eigenvalue weighted by molar-refractivity contribution is 5.89. The number of carbonyl (C=O) groups excluding carboxylic acids is 1. The van der Waals surface area contributed by atoms with Gasteiger partial charge in [0, 0.05) is 5.41 Å². The number of hydrogen-bond donors (Lipinski definition) is 0.